The molecule has 4 nitrogen and oxygen atoms in total. The summed E-state index contributed by atoms with van der Waals surface area (Å²) in [5.41, 5.74) is 0.397. The highest BCUT2D eigenvalue weighted by Gasteiger charge is 2.41. The number of halogens is 1. The first-order valence-electron chi connectivity index (χ1n) is 14.0. The lowest BCUT2D eigenvalue weighted by Crippen LogP contribution is -2.53. The number of methoxy groups -OCH3 is 1. The first kappa shape index (κ1) is 27.7. The summed E-state index contributed by atoms with van der Waals surface area (Å²) in [6.07, 6.45) is 11.8. The minimum absolute atomic E-state index is 0.397. The van der Waals surface area contributed by atoms with Gasteiger partial charge in [0, 0.05) is 44.8 Å². The Labute approximate surface area is 209 Å². The molecule has 1 saturated heterocycles. The van der Waals surface area contributed by atoms with Gasteiger partial charge in [0.1, 0.15) is 0 Å². The van der Waals surface area contributed by atoms with Crippen LogP contribution < -0.4 is 5.32 Å². The van der Waals surface area contributed by atoms with E-state index < -0.39 is 0 Å². The van der Waals surface area contributed by atoms with Crippen molar-refractivity contribution < 1.29 is 9.47 Å². The highest BCUT2D eigenvalue weighted by molar-refractivity contribution is 6.20. The Morgan fingerprint density at radius 3 is 2.30 bits per heavy atom. The maximum Gasteiger partial charge on any atom is 0.0594 e. The Kier molecular flexibility index (Phi) is 11.3. The quantitative estimate of drug-likeness (QED) is 0.289. The van der Waals surface area contributed by atoms with Crippen LogP contribution in [0.5, 0.6) is 0 Å². The summed E-state index contributed by atoms with van der Waals surface area (Å²) in [7, 11) is 1.81. The third-order valence-corrected chi connectivity index (χ3v) is 9.42. The number of alkyl halides is 1. The van der Waals surface area contributed by atoms with Gasteiger partial charge in [0.2, 0.25) is 0 Å². The van der Waals surface area contributed by atoms with Crippen molar-refractivity contribution in [3.8, 4) is 0 Å². The zero-order chi connectivity index (χ0) is 23.8. The van der Waals surface area contributed by atoms with Crippen LogP contribution in [0.25, 0.3) is 0 Å². The van der Waals surface area contributed by atoms with Crippen LogP contribution in [0.4, 0.5) is 0 Å². The van der Waals surface area contributed by atoms with Crippen molar-refractivity contribution in [3.05, 3.63) is 0 Å². The molecule has 0 aromatic carbocycles. The molecule has 1 unspecified atom stereocenters. The van der Waals surface area contributed by atoms with Crippen LogP contribution in [0.2, 0.25) is 0 Å². The van der Waals surface area contributed by atoms with Crippen molar-refractivity contribution in [1.29, 1.82) is 0 Å². The molecule has 0 spiro atoms. The molecule has 33 heavy (non-hydrogen) atoms. The number of nitrogens with one attached hydrogen (secondary N) is 1. The molecule has 0 aromatic rings. The lowest BCUT2D eigenvalue weighted by molar-refractivity contribution is -0.000532. The van der Waals surface area contributed by atoms with Gasteiger partial charge < -0.3 is 19.7 Å². The molecule has 0 aromatic heterocycles. The molecule has 3 aliphatic rings. The standard InChI is InChI=1S/C28H53ClN2O2/c1-21(2)27(30-15-17-33-25-12-6-22(7-13-25)19-32-5)18-31-16-14-26(28(3,4)20-31)23-8-10-24(29)11-9-23/h21-27,30H,6-20H2,1-5H3/t22?,23?,24?,25?,26?,27-/m0/s1. The molecule has 2 atom stereocenters. The van der Waals surface area contributed by atoms with Gasteiger partial charge in [-0.05, 0) is 93.4 Å². The molecular weight excluding hydrogens is 432 g/mol. The molecule has 3 fully saturated rings. The van der Waals surface area contributed by atoms with Gasteiger partial charge in [-0.2, -0.15) is 0 Å². The summed E-state index contributed by atoms with van der Waals surface area (Å²) in [5, 5.41) is 4.27. The molecule has 1 aliphatic heterocycles. The number of ether oxygens (including phenoxy) is 2. The highest BCUT2D eigenvalue weighted by Crippen LogP contribution is 2.45. The fourth-order valence-corrected chi connectivity index (χ4v) is 7.21. The predicted octanol–water partition coefficient (Wildman–Crippen LogP) is 5.97. The van der Waals surface area contributed by atoms with Crippen molar-refractivity contribution in [2.75, 3.05) is 46.5 Å². The van der Waals surface area contributed by atoms with Gasteiger partial charge in [-0.15, -0.1) is 11.6 Å². The number of nitrogens with zero attached hydrogens (tertiary/aromatic N) is 1. The summed E-state index contributed by atoms with van der Waals surface area (Å²) >= 11 is 6.39. The number of hydrogen-bond acceptors (Lipinski definition) is 4. The molecule has 0 radical (unpaired) electrons. The van der Waals surface area contributed by atoms with Gasteiger partial charge in [0.15, 0.2) is 0 Å². The fourth-order valence-electron chi connectivity index (χ4n) is 6.96. The molecule has 194 valence electrons. The van der Waals surface area contributed by atoms with E-state index in [-0.39, 0.29) is 0 Å². The number of rotatable bonds is 11. The van der Waals surface area contributed by atoms with Crippen molar-refractivity contribution in [3.63, 3.8) is 0 Å². The van der Waals surface area contributed by atoms with E-state index in [1.807, 2.05) is 7.11 Å². The van der Waals surface area contributed by atoms with E-state index in [4.69, 9.17) is 21.1 Å². The van der Waals surface area contributed by atoms with E-state index in [1.54, 1.807) is 0 Å². The lowest BCUT2D eigenvalue weighted by Gasteiger charge is -2.49. The topological polar surface area (TPSA) is 33.7 Å². The Hall–Kier alpha value is 0.130. The maximum atomic E-state index is 6.39. The van der Waals surface area contributed by atoms with Crippen LogP contribution in [0.3, 0.4) is 0 Å². The third-order valence-electron chi connectivity index (χ3n) is 8.98. The van der Waals surface area contributed by atoms with Crippen LogP contribution in [-0.4, -0.2) is 68.9 Å². The average Bonchev–Trinajstić information content (AvgIpc) is 2.77. The van der Waals surface area contributed by atoms with Crippen LogP contribution >= 0.6 is 11.6 Å². The summed E-state index contributed by atoms with van der Waals surface area (Å²) < 4.78 is 11.5. The fraction of sp³-hybridized carbons (Fsp3) is 1.00. The second-order valence-electron chi connectivity index (χ2n) is 12.4. The minimum atomic E-state index is 0.397. The van der Waals surface area contributed by atoms with Crippen molar-refractivity contribution in [2.24, 2.45) is 29.1 Å². The Balaban J connectivity index is 1.37. The van der Waals surface area contributed by atoms with E-state index >= 15 is 0 Å². The molecule has 1 heterocycles. The van der Waals surface area contributed by atoms with Gasteiger partial charge in [-0.3, -0.25) is 0 Å². The first-order valence-corrected chi connectivity index (χ1v) is 14.4. The van der Waals surface area contributed by atoms with Gasteiger partial charge in [-0.1, -0.05) is 27.7 Å². The molecular formula is C28H53ClN2O2. The van der Waals surface area contributed by atoms with Crippen LogP contribution in [0.15, 0.2) is 0 Å². The summed E-state index contributed by atoms with van der Waals surface area (Å²) in [4.78, 5) is 2.74. The zero-order valence-electron chi connectivity index (χ0n) is 22.3. The monoisotopic (exact) mass is 484 g/mol. The Bertz CT molecular complexity index is 542. The SMILES string of the molecule is COCC1CCC(OCCN[C@@H](CN2CCC(C3CCC(Cl)CC3)C(C)(C)C2)C(C)C)CC1. The van der Waals surface area contributed by atoms with Crippen LogP contribution in [0, 0.1) is 29.1 Å². The molecule has 0 bridgehead atoms. The van der Waals surface area contributed by atoms with E-state index in [0.29, 0.717) is 28.9 Å². The molecule has 3 rings (SSSR count). The third kappa shape index (κ3) is 8.63. The van der Waals surface area contributed by atoms with Crippen molar-refractivity contribution in [2.45, 2.75) is 103 Å². The molecule has 1 N–H and O–H groups in total. The van der Waals surface area contributed by atoms with E-state index in [9.17, 15) is 0 Å². The van der Waals surface area contributed by atoms with Crippen molar-refractivity contribution >= 4 is 11.6 Å². The number of hydrogen-bond donors (Lipinski definition) is 1. The summed E-state index contributed by atoms with van der Waals surface area (Å²) in [6.45, 7) is 16.1. The summed E-state index contributed by atoms with van der Waals surface area (Å²) in [6, 6.07) is 0.532. The number of likely N-dealkylation sites (tertiary alicyclic amines) is 1. The predicted molar refractivity (Wildman–Crippen MR) is 140 cm³/mol. The molecule has 2 aliphatic carbocycles. The van der Waals surface area contributed by atoms with Crippen molar-refractivity contribution in [1.82, 2.24) is 10.2 Å². The average molecular weight is 485 g/mol. The van der Waals surface area contributed by atoms with Gasteiger partial charge >= 0.3 is 0 Å². The zero-order valence-corrected chi connectivity index (χ0v) is 23.0. The summed E-state index contributed by atoms with van der Waals surface area (Å²) in [5.74, 6) is 3.12. The van der Waals surface area contributed by atoms with Gasteiger partial charge in [0.05, 0.1) is 12.7 Å². The highest BCUT2D eigenvalue weighted by atomic mass is 35.5. The van der Waals surface area contributed by atoms with E-state index in [1.165, 1.54) is 70.9 Å². The first-order chi connectivity index (χ1) is 15.8. The second kappa shape index (κ2) is 13.4. The smallest absolute Gasteiger partial charge is 0.0594 e. The number of piperidine rings is 1. The van der Waals surface area contributed by atoms with Crippen LogP contribution in [-0.2, 0) is 9.47 Å². The van der Waals surface area contributed by atoms with E-state index in [0.717, 1.165) is 44.1 Å². The van der Waals surface area contributed by atoms with Crippen LogP contribution in [0.1, 0.15) is 85.5 Å². The molecule has 2 saturated carbocycles. The second-order valence-corrected chi connectivity index (χ2v) is 13.0. The van der Waals surface area contributed by atoms with E-state index in [2.05, 4.69) is 37.9 Å². The Morgan fingerprint density at radius 2 is 1.70 bits per heavy atom. The largest absolute Gasteiger partial charge is 0.384 e. The maximum absolute atomic E-state index is 6.39. The lowest BCUT2D eigenvalue weighted by atomic mass is 9.64. The van der Waals surface area contributed by atoms with Gasteiger partial charge in [0.25, 0.3) is 0 Å². The Morgan fingerprint density at radius 1 is 1.00 bits per heavy atom. The van der Waals surface area contributed by atoms with Gasteiger partial charge in [-0.25, -0.2) is 0 Å². The minimum Gasteiger partial charge on any atom is -0.384 e. The molecule has 0 amide bonds. The molecule has 5 heteroatoms. The normalized spacial score (nSPS) is 34.5.